The van der Waals surface area contributed by atoms with Gasteiger partial charge in [0.1, 0.15) is 16.5 Å². The topological polar surface area (TPSA) is 51.2 Å². The summed E-state index contributed by atoms with van der Waals surface area (Å²) in [5, 5.41) is 3.94. The first-order valence-electron chi connectivity index (χ1n) is 6.31. The number of halogens is 1. The Kier molecular flexibility index (Phi) is 4.35. The van der Waals surface area contributed by atoms with Crippen molar-refractivity contribution in [2.75, 3.05) is 5.32 Å². The fraction of sp³-hybridized carbons (Fsp3) is 0.267. The summed E-state index contributed by atoms with van der Waals surface area (Å²) in [4.78, 5) is 0.302. The van der Waals surface area contributed by atoms with E-state index in [1.807, 2.05) is 38.1 Å². The average molecular weight is 309 g/mol. The molecule has 5 heteroatoms. The van der Waals surface area contributed by atoms with Crippen LogP contribution >= 0.6 is 23.8 Å². The molecule has 1 heterocycles. The number of nitrogens with two attached hydrogens (primary N) is 1. The van der Waals surface area contributed by atoms with E-state index in [9.17, 15) is 0 Å². The summed E-state index contributed by atoms with van der Waals surface area (Å²) in [6.45, 7) is 5.98. The third kappa shape index (κ3) is 3.14. The Bertz CT molecular complexity index is 651. The zero-order valence-corrected chi connectivity index (χ0v) is 13.2. The molecule has 0 bridgehead atoms. The van der Waals surface area contributed by atoms with Crippen LogP contribution < -0.4 is 11.1 Å². The average Bonchev–Trinajstić information content (AvgIpc) is 2.68. The molecule has 0 aliphatic rings. The first-order chi connectivity index (χ1) is 9.38. The highest BCUT2D eigenvalue weighted by molar-refractivity contribution is 7.80. The molecule has 0 saturated heterocycles. The van der Waals surface area contributed by atoms with Gasteiger partial charge in [0.25, 0.3) is 0 Å². The van der Waals surface area contributed by atoms with Gasteiger partial charge in [0.2, 0.25) is 0 Å². The van der Waals surface area contributed by atoms with Crippen molar-refractivity contribution in [2.24, 2.45) is 5.73 Å². The Morgan fingerprint density at radius 1 is 1.35 bits per heavy atom. The molecule has 1 aromatic carbocycles. The van der Waals surface area contributed by atoms with E-state index >= 15 is 0 Å². The van der Waals surface area contributed by atoms with Gasteiger partial charge in [-0.15, -0.1) is 0 Å². The van der Waals surface area contributed by atoms with Crippen molar-refractivity contribution in [1.29, 1.82) is 0 Å². The van der Waals surface area contributed by atoms with E-state index in [0.717, 1.165) is 22.8 Å². The van der Waals surface area contributed by atoms with E-state index in [0.29, 0.717) is 15.6 Å². The predicted octanol–water partition coefficient (Wildman–Crippen LogP) is 4.36. The number of thiocarbonyl (C=S) groups is 1. The number of benzene rings is 1. The molecule has 106 valence electrons. The quantitative estimate of drug-likeness (QED) is 0.824. The first-order valence-corrected chi connectivity index (χ1v) is 7.10. The van der Waals surface area contributed by atoms with Gasteiger partial charge in [-0.25, -0.2) is 0 Å². The third-order valence-corrected chi connectivity index (χ3v) is 3.70. The Labute approximate surface area is 129 Å². The highest BCUT2D eigenvalue weighted by Crippen LogP contribution is 2.27. The van der Waals surface area contributed by atoms with Crippen LogP contribution in [0.5, 0.6) is 0 Å². The first kappa shape index (κ1) is 14.9. The molecular weight excluding hydrogens is 292 g/mol. The standard InChI is InChI=1S/C15H17ClN2OS/c1-8-6-13(10(3)19-8)9(2)18-11-4-5-12(15(17)20)14(16)7-11/h4-7,9,18H,1-3H3,(H2,17,20). The minimum atomic E-state index is 0.124. The molecule has 3 nitrogen and oxygen atoms in total. The molecule has 0 aliphatic carbocycles. The maximum absolute atomic E-state index is 6.16. The molecule has 2 aromatic rings. The molecule has 1 unspecified atom stereocenters. The van der Waals surface area contributed by atoms with Gasteiger partial charge in [-0.2, -0.15) is 0 Å². The SMILES string of the molecule is Cc1cc(C(C)Nc2ccc(C(N)=S)c(Cl)c2)c(C)o1. The molecular formula is C15H17ClN2OS. The largest absolute Gasteiger partial charge is 0.466 e. The highest BCUT2D eigenvalue weighted by Gasteiger charge is 2.13. The van der Waals surface area contributed by atoms with Crippen molar-refractivity contribution >= 4 is 34.5 Å². The minimum absolute atomic E-state index is 0.124. The zero-order chi connectivity index (χ0) is 14.9. The van der Waals surface area contributed by atoms with Gasteiger partial charge in [-0.3, -0.25) is 0 Å². The molecule has 2 rings (SSSR count). The van der Waals surface area contributed by atoms with Crippen LogP contribution in [0.1, 0.15) is 35.6 Å². The van der Waals surface area contributed by atoms with Crippen LogP contribution in [0.3, 0.4) is 0 Å². The lowest BCUT2D eigenvalue weighted by molar-refractivity contribution is 0.500. The van der Waals surface area contributed by atoms with Crippen molar-refractivity contribution in [2.45, 2.75) is 26.8 Å². The van der Waals surface area contributed by atoms with Crippen LogP contribution in [0, 0.1) is 13.8 Å². The lowest BCUT2D eigenvalue weighted by Gasteiger charge is -2.15. The van der Waals surface area contributed by atoms with Crippen molar-refractivity contribution in [3.05, 3.63) is 51.9 Å². The van der Waals surface area contributed by atoms with E-state index < -0.39 is 0 Å². The minimum Gasteiger partial charge on any atom is -0.466 e. The zero-order valence-electron chi connectivity index (χ0n) is 11.7. The van der Waals surface area contributed by atoms with Gasteiger partial charge in [-0.05, 0) is 45.0 Å². The van der Waals surface area contributed by atoms with E-state index in [-0.39, 0.29) is 6.04 Å². The molecule has 0 spiro atoms. The van der Waals surface area contributed by atoms with Crippen LogP contribution in [0.2, 0.25) is 5.02 Å². The van der Waals surface area contributed by atoms with Crippen molar-refractivity contribution < 1.29 is 4.42 Å². The fourth-order valence-corrected chi connectivity index (χ4v) is 2.73. The van der Waals surface area contributed by atoms with Crippen molar-refractivity contribution in [1.82, 2.24) is 0 Å². The molecule has 0 aliphatic heterocycles. The van der Waals surface area contributed by atoms with Gasteiger partial charge >= 0.3 is 0 Å². The van der Waals surface area contributed by atoms with Crippen LogP contribution in [0.15, 0.2) is 28.7 Å². The number of furan rings is 1. The monoisotopic (exact) mass is 308 g/mol. The van der Waals surface area contributed by atoms with Crippen molar-refractivity contribution in [3.63, 3.8) is 0 Å². The molecule has 0 amide bonds. The highest BCUT2D eigenvalue weighted by atomic mass is 35.5. The molecule has 3 N–H and O–H groups in total. The second-order valence-electron chi connectivity index (χ2n) is 4.79. The van der Waals surface area contributed by atoms with Gasteiger partial charge < -0.3 is 15.5 Å². The van der Waals surface area contributed by atoms with E-state index in [1.54, 1.807) is 0 Å². The van der Waals surface area contributed by atoms with E-state index in [4.69, 9.17) is 34.0 Å². The molecule has 0 radical (unpaired) electrons. The van der Waals surface area contributed by atoms with Crippen molar-refractivity contribution in [3.8, 4) is 0 Å². The predicted molar refractivity (Wildman–Crippen MR) is 87.6 cm³/mol. The molecule has 20 heavy (non-hydrogen) atoms. The third-order valence-electron chi connectivity index (χ3n) is 3.16. The number of hydrogen-bond acceptors (Lipinski definition) is 3. The Balaban J connectivity index is 2.20. The summed E-state index contributed by atoms with van der Waals surface area (Å²) in [6, 6.07) is 7.73. The van der Waals surface area contributed by atoms with Gasteiger partial charge in [-0.1, -0.05) is 23.8 Å². The number of aryl methyl sites for hydroxylation is 2. The van der Waals surface area contributed by atoms with E-state index in [1.165, 1.54) is 0 Å². The summed E-state index contributed by atoms with van der Waals surface area (Å²) < 4.78 is 5.55. The lowest BCUT2D eigenvalue weighted by atomic mass is 10.1. The second-order valence-corrected chi connectivity index (χ2v) is 5.64. The second kappa shape index (κ2) is 5.85. The smallest absolute Gasteiger partial charge is 0.106 e. The fourth-order valence-electron chi connectivity index (χ4n) is 2.21. The Hall–Kier alpha value is -1.52. The van der Waals surface area contributed by atoms with Gasteiger partial charge in [0.15, 0.2) is 0 Å². The molecule has 1 atom stereocenters. The maximum Gasteiger partial charge on any atom is 0.106 e. The lowest BCUT2D eigenvalue weighted by Crippen LogP contribution is -2.11. The summed E-state index contributed by atoms with van der Waals surface area (Å²) >= 11 is 11.1. The maximum atomic E-state index is 6.16. The Morgan fingerprint density at radius 2 is 2.05 bits per heavy atom. The molecule has 0 saturated carbocycles. The number of nitrogens with one attached hydrogen (secondary N) is 1. The molecule has 0 fully saturated rings. The van der Waals surface area contributed by atoms with E-state index in [2.05, 4.69) is 12.2 Å². The Morgan fingerprint density at radius 3 is 2.55 bits per heavy atom. The van der Waals surface area contributed by atoms with Gasteiger partial charge in [0.05, 0.1) is 11.1 Å². The summed E-state index contributed by atoms with van der Waals surface area (Å²) in [7, 11) is 0. The van der Waals surface area contributed by atoms with Crippen LogP contribution in [-0.4, -0.2) is 4.99 Å². The summed E-state index contributed by atoms with van der Waals surface area (Å²) in [5.41, 5.74) is 8.34. The van der Waals surface area contributed by atoms with Crippen LogP contribution in [0.4, 0.5) is 5.69 Å². The summed E-state index contributed by atoms with van der Waals surface area (Å²) in [6.07, 6.45) is 0. The molecule has 1 aromatic heterocycles. The van der Waals surface area contributed by atoms with Crippen LogP contribution in [0.25, 0.3) is 0 Å². The number of anilines is 1. The summed E-state index contributed by atoms with van der Waals surface area (Å²) in [5.74, 6) is 1.83. The van der Waals surface area contributed by atoms with Crippen LogP contribution in [-0.2, 0) is 0 Å². The van der Waals surface area contributed by atoms with Gasteiger partial charge in [0, 0.05) is 16.8 Å². The normalized spacial score (nSPS) is 12.2. The number of rotatable bonds is 4. The number of hydrogen-bond donors (Lipinski definition) is 2.